The molecule has 1 saturated heterocycles. The summed E-state index contributed by atoms with van der Waals surface area (Å²) in [4.78, 5) is 15.3. The van der Waals surface area contributed by atoms with Crippen LogP contribution in [0.4, 0.5) is 0 Å². The number of rotatable bonds is 8. The van der Waals surface area contributed by atoms with E-state index in [1.54, 1.807) is 14.2 Å². The molecule has 192 valence electrons. The predicted octanol–water partition coefficient (Wildman–Crippen LogP) is 5.94. The molecule has 0 spiro atoms. The molecule has 1 amide bonds. The first kappa shape index (κ1) is 28.2. The number of nitrogens with one attached hydrogen (secondary N) is 1. The number of carbonyl (C=O) groups excluding carboxylic acids is 1. The number of fused-ring (bicyclic) bond motifs is 1. The van der Waals surface area contributed by atoms with Crippen LogP contribution < -0.4 is 10.1 Å². The van der Waals surface area contributed by atoms with Gasteiger partial charge in [-0.25, -0.2) is 0 Å². The Balaban J connectivity index is 0.000000367. The first-order chi connectivity index (χ1) is 16.7. The smallest absolute Gasteiger partial charge is 0.268 e. The van der Waals surface area contributed by atoms with Gasteiger partial charge in [0, 0.05) is 43.2 Å². The second-order valence-corrected chi connectivity index (χ2v) is 9.17. The van der Waals surface area contributed by atoms with Crippen molar-refractivity contribution in [2.75, 3.05) is 27.3 Å². The number of aromatic nitrogens is 1. The number of nitrogens with zero attached hydrogens (tertiary/aromatic N) is 2. The van der Waals surface area contributed by atoms with E-state index in [0.717, 1.165) is 66.2 Å². The maximum absolute atomic E-state index is 12.9. The molecule has 0 unspecified atom stereocenters. The van der Waals surface area contributed by atoms with Crippen molar-refractivity contribution in [3.8, 4) is 5.75 Å². The molecule has 6 heteroatoms. The van der Waals surface area contributed by atoms with Crippen LogP contribution in [0, 0.1) is 0 Å². The highest BCUT2D eigenvalue weighted by atomic mass is 16.5. The zero-order chi connectivity index (χ0) is 26.0. The van der Waals surface area contributed by atoms with Gasteiger partial charge in [-0.15, -0.1) is 0 Å². The number of hydrogen-bond donors (Lipinski definition) is 1. The van der Waals surface area contributed by atoms with Crippen molar-refractivity contribution in [2.24, 2.45) is 0 Å². The molecule has 1 aliphatic rings. The van der Waals surface area contributed by atoms with E-state index in [1.165, 1.54) is 0 Å². The Hall–Kier alpha value is -2.99. The fourth-order valence-electron chi connectivity index (χ4n) is 4.29. The van der Waals surface area contributed by atoms with Crippen LogP contribution in [-0.2, 0) is 11.3 Å². The van der Waals surface area contributed by atoms with E-state index in [9.17, 15) is 4.79 Å². The van der Waals surface area contributed by atoms with Crippen LogP contribution >= 0.6 is 0 Å². The molecule has 2 heterocycles. The molecule has 0 aliphatic carbocycles. The van der Waals surface area contributed by atoms with E-state index in [4.69, 9.17) is 9.47 Å². The van der Waals surface area contributed by atoms with Crippen molar-refractivity contribution in [1.29, 1.82) is 0 Å². The number of methoxy groups -OCH3 is 2. The molecule has 0 saturated carbocycles. The number of allylic oxidation sites excluding steroid dienone is 4. The maximum atomic E-state index is 12.9. The topological polar surface area (TPSA) is 55.7 Å². The Morgan fingerprint density at radius 1 is 1.23 bits per heavy atom. The number of aryl methyl sites for hydroxylation is 1. The summed E-state index contributed by atoms with van der Waals surface area (Å²) >= 11 is 0. The maximum Gasteiger partial charge on any atom is 0.268 e. The van der Waals surface area contributed by atoms with Crippen LogP contribution in [0.1, 0.15) is 57.9 Å². The molecule has 1 aromatic heterocycles. The molecular formula is C29H43N3O3. The standard InChI is InChI=1S/C20H29N3O2.C9H14O/c1-5-23-18-13-17(25-4)7-6-15(18)12-19(23)20(24)21-16-8-10-22(11-9-16)14(2)3;1-5-6-9(10-4)7-8(2)3/h6-7,12-14,16H,5,8-11H2,1-4H3,(H,21,24);5-7H,2H2,1,3-4H3/b;6-5-,9-7+. The number of hydrogen-bond acceptors (Lipinski definition) is 4. The third kappa shape index (κ3) is 8.03. The summed E-state index contributed by atoms with van der Waals surface area (Å²) in [5.74, 6) is 1.68. The average Bonchev–Trinajstić information content (AvgIpc) is 3.22. The highest BCUT2D eigenvalue weighted by molar-refractivity contribution is 5.99. The fraction of sp³-hybridized carbons (Fsp3) is 0.483. The summed E-state index contributed by atoms with van der Waals surface area (Å²) in [5.41, 5.74) is 2.77. The third-order valence-electron chi connectivity index (χ3n) is 6.21. The summed E-state index contributed by atoms with van der Waals surface area (Å²) in [6.07, 6.45) is 7.75. The quantitative estimate of drug-likeness (QED) is 0.374. The highest BCUT2D eigenvalue weighted by Crippen LogP contribution is 2.25. The summed E-state index contributed by atoms with van der Waals surface area (Å²) in [5, 5.41) is 4.31. The lowest BCUT2D eigenvalue weighted by Gasteiger charge is -2.34. The third-order valence-corrected chi connectivity index (χ3v) is 6.21. The minimum Gasteiger partial charge on any atom is -0.497 e. The molecule has 6 nitrogen and oxygen atoms in total. The summed E-state index contributed by atoms with van der Waals surface area (Å²) in [7, 11) is 3.31. The molecule has 0 atom stereocenters. The van der Waals surface area contributed by atoms with Crippen LogP contribution in [0.2, 0.25) is 0 Å². The van der Waals surface area contributed by atoms with Crippen molar-refractivity contribution in [2.45, 2.75) is 66.1 Å². The SMILES string of the molecule is C=C(C)/C=C(\C=C/C)OC.CCn1c(C(=O)NC2CCN(C(C)C)CC2)cc2ccc(OC)cc21. The minimum atomic E-state index is 0.0278. The van der Waals surface area contributed by atoms with E-state index in [1.807, 2.05) is 56.3 Å². The Labute approximate surface area is 211 Å². The Morgan fingerprint density at radius 3 is 2.43 bits per heavy atom. The predicted molar refractivity (Wildman–Crippen MR) is 146 cm³/mol. The number of benzene rings is 1. The van der Waals surface area contributed by atoms with Gasteiger partial charge in [-0.1, -0.05) is 18.2 Å². The Morgan fingerprint density at radius 2 is 1.91 bits per heavy atom. The number of likely N-dealkylation sites (tertiary alicyclic amines) is 1. The zero-order valence-electron chi connectivity index (χ0n) is 22.6. The lowest BCUT2D eigenvalue weighted by Crippen LogP contribution is -2.46. The molecule has 1 aromatic carbocycles. The molecule has 1 N–H and O–H groups in total. The number of amides is 1. The Bertz CT molecular complexity index is 1040. The van der Waals surface area contributed by atoms with Gasteiger partial charge in [0.15, 0.2) is 0 Å². The van der Waals surface area contributed by atoms with Gasteiger partial charge < -0.3 is 24.3 Å². The molecule has 0 bridgehead atoms. The number of ether oxygens (including phenoxy) is 2. The van der Waals surface area contributed by atoms with E-state index < -0.39 is 0 Å². The lowest BCUT2D eigenvalue weighted by atomic mass is 10.0. The summed E-state index contributed by atoms with van der Waals surface area (Å²) in [6, 6.07) is 8.77. The van der Waals surface area contributed by atoms with Gasteiger partial charge in [-0.05, 0) is 77.8 Å². The fourth-order valence-corrected chi connectivity index (χ4v) is 4.29. The van der Waals surface area contributed by atoms with Gasteiger partial charge >= 0.3 is 0 Å². The molecule has 3 rings (SSSR count). The number of piperidine rings is 1. The Kier molecular flexibility index (Phi) is 11.1. The van der Waals surface area contributed by atoms with Gasteiger partial charge in [0.25, 0.3) is 5.91 Å². The second kappa shape index (κ2) is 13.8. The van der Waals surface area contributed by atoms with Crippen molar-refractivity contribution in [1.82, 2.24) is 14.8 Å². The van der Waals surface area contributed by atoms with Crippen LogP contribution in [0.15, 0.2) is 60.4 Å². The molecule has 0 radical (unpaired) electrons. The normalized spacial score (nSPS) is 15.3. The molecular weight excluding hydrogens is 438 g/mol. The van der Waals surface area contributed by atoms with Crippen LogP contribution in [0.25, 0.3) is 10.9 Å². The minimum absolute atomic E-state index is 0.0278. The molecule has 2 aromatic rings. The van der Waals surface area contributed by atoms with Gasteiger partial charge in [0.05, 0.1) is 19.7 Å². The zero-order valence-corrected chi connectivity index (χ0v) is 22.6. The molecule has 35 heavy (non-hydrogen) atoms. The molecule has 1 aliphatic heterocycles. The van der Waals surface area contributed by atoms with E-state index in [0.29, 0.717) is 6.04 Å². The van der Waals surface area contributed by atoms with E-state index in [-0.39, 0.29) is 11.9 Å². The highest BCUT2D eigenvalue weighted by Gasteiger charge is 2.24. The first-order valence-corrected chi connectivity index (χ1v) is 12.5. The van der Waals surface area contributed by atoms with Gasteiger partial charge in [0.2, 0.25) is 0 Å². The van der Waals surface area contributed by atoms with Crippen molar-refractivity contribution in [3.63, 3.8) is 0 Å². The van der Waals surface area contributed by atoms with Crippen molar-refractivity contribution >= 4 is 16.8 Å². The van der Waals surface area contributed by atoms with E-state index >= 15 is 0 Å². The average molecular weight is 482 g/mol. The van der Waals surface area contributed by atoms with Crippen LogP contribution in [0.5, 0.6) is 5.75 Å². The number of carbonyl (C=O) groups is 1. The van der Waals surface area contributed by atoms with Gasteiger partial charge in [-0.2, -0.15) is 0 Å². The summed E-state index contributed by atoms with van der Waals surface area (Å²) < 4.78 is 12.4. The van der Waals surface area contributed by atoms with Gasteiger partial charge in [0.1, 0.15) is 17.2 Å². The van der Waals surface area contributed by atoms with Gasteiger partial charge in [-0.3, -0.25) is 4.79 Å². The van der Waals surface area contributed by atoms with Crippen LogP contribution in [0.3, 0.4) is 0 Å². The largest absolute Gasteiger partial charge is 0.497 e. The lowest BCUT2D eigenvalue weighted by molar-refractivity contribution is 0.0892. The molecule has 1 fully saturated rings. The first-order valence-electron chi connectivity index (χ1n) is 12.5. The van der Waals surface area contributed by atoms with Crippen LogP contribution in [-0.4, -0.2) is 54.8 Å². The van der Waals surface area contributed by atoms with Crippen molar-refractivity contribution < 1.29 is 14.3 Å². The summed E-state index contributed by atoms with van der Waals surface area (Å²) in [6.45, 7) is 17.0. The van der Waals surface area contributed by atoms with Crippen molar-refractivity contribution in [3.05, 3.63) is 66.1 Å². The monoisotopic (exact) mass is 481 g/mol. The second-order valence-electron chi connectivity index (χ2n) is 9.17. The van der Waals surface area contributed by atoms with E-state index in [2.05, 4.69) is 42.1 Å².